The summed E-state index contributed by atoms with van der Waals surface area (Å²) in [5.41, 5.74) is 9.87. The van der Waals surface area contributed by atoms with Gasteiger partial charge in [-0.25, -0.2) is 4.39 Å². The molecule has 0 aliphatic carbocycles. The maximum Gasteiger partial charge on any atom is 0.146 e. The van der Waals surface area contributed by atoms with Crippen molar-refractivity contribution in [3.8, 4) is 0 Å². The molecule has 1 unspecified atom stereocenters. The lowest BCUT2D eigenvalue weighted by atomic mass is 10.0. The maximum absolute atomic E-state index is 14.2. The summed E-state index contributed by atoms with van der Waals surface area (Å²) in [6.45, 7) is 4.67. The van der Waals surface area contributed by atoms with Gasteiger partial charge in [0.25, 0.3) is 0 Å². The van der Waals surface area contributed by atoms with Gasteiger partial charge in [-0.15, -0.1) is 0 Å². The number of benzene rings is 2. The van der Waals surface area contributed by atoms with Crippen LogP contribution < -0.4 is 10.6 Å². The Hall–Kier alpha value is -1.87. The number of hydrogen-bond acceptors (Lipinski definition) is 2. The van der Waals surface area contributed by atoms with E-state index in [9.17, 15) is 4.39 Å². The van der Waals surface area contributed by atoms with E-state index in [-0.39, 0.29) is 11.9 Å². The molecule has 0 heterocycles. The Labute approximate surface area is 126 Å². The van der Waals surface area contributed by atoms with Crippen LogP contribution >= 0.6 is 0 Å². The van der Waals surface area contributed by atoms with Crippen molar-refractivity contribution in [3.63, 3.8) is 0 Å². The van der Waals surface area contributed by atoms with Gasteiger partial charge in [-0.05, 0) is 37.5 Å². The van der Waals surface area contributed by atoms with Gasteiger partial charge in [-0.1, -0.05) is 42.0 Å². The summed E-state index contributed by atoms with van der Waals surface area (Å²) in [5.74, 6) is -0.192. The third kappa shape index (κ3) is 4.05. The SMILES string of the molecule is Cc1ccc(CN(C)c2c(F)cccc2CC(C)N)cc1. The van der Waals surface area contributed by atoms with Crippen molar-refractivity contribution in [1.29, 1.82) is 0 Å². The van der Waals surface area contributed by atoms with Gasteiger partial charge < -0.3 is 10.6 Å². The minimum Gasteiger partial charge on any atom is -0.368 e. The lowest BCUT2D eigenvalue weighted by Gasteiger charge is -2.24. The fourth-order valence-corrected chi connectivity index (χ4v) is 2.55. The monoisotopic (exact) mass is 286 g/mol. The van der Waals surface area contributed by atoms with E-state index in [1.54, 1.807) is 6.07 Å². The zero-order valence-electron chi connectivity index (χ0n) is 12.9. The molecule has 0 saturated heterocycles. The van der Waals surface area contributed by atoms with Gasteiger partial charge in [0, 0.05) is 19.6 Å². The highest BCUT2D eigenvalue weighted by Crippen LogP contribution is 2.26. The quantitative estimate of drug-likeness (QED) is 0.909. The van der Waals surface area contributed by atoms with Crippen LogP contribution in [0, 0.1) is 12.7 Å². The minimum absolute atomic E-state index is 0.0123. The molecule has 1 atom stereocenters. The molecule has 0 saturated carbocycles. The second-order valence-electron chi connectivity index (χ2n) is 5.77. The Balaban J connectivity index is 2.25. The van der Waals surface area contributed by atoms with E-state index in [2.05, 4.69) is 31.2 Å². The number of nitrogens with two attached hydrogens (primary N) is 1. The van der Waals surface area contributed by atoms with Crippen molar-refractivity contribution in [2.75, 3.05) is 11.9 Å². The molecule has 21 heavy (non-hydrogen) atoms. The normalized spacial score (nSPS) is 12.2. The van der Waals surface area contributed by atoms with E-state index >= 15 is 0 Å². The van der Waals surface area contributed by atoms with Crippen molar-refractivity contribution in [1.82, 2.24) is 0 Å². The average Bonchev–Trinajstić information content (AvgIpc) is 2.40. The number of hydrogen-bond donors (Lipinski definition) is 1. The van der Waals surface area contributed by atoms with Gasteiger partial charge in [0.2, 0.25) is 0 Å². The molecule has 0 fully saturated rings. The number of para-hydroxylation sites is 1. The van der Waals surface area contributed by atoms with E-state index in [0.717, 1.165) is 11.1 Å². The van der Waals surface area contributed by atoms with Gasteiger partial charge in [0.05, 0.1) is 5.69 Å². The third-order valence-corrected chi connectivity index (χ3v) is 3.53. The summed E-state index contributed by atoms with van der Waals surface area (Å²) >= 11 is 0. The van der Waals surface area contributed by atoms with Crippen LogP contribution in [0.3, 0.4) is 0 Å². The molecule has 0 radical (unpaired) electrons. The van der Waals surface area contributed by atoms with Crippen molar-refractivity contribution in [2.24, 2.45) is 5.73 Å². The number of anilines is 1. The Morgan fingerprint density at radius 2 is 1.81 bits per heavy atom. The lowest BCUT2D eigenvalue weighted by Crippen LogP contribution is -2.23. The minimum atomic E-state index is -0.192. The largest absolute Gasteiger partial charge is 0.368 e. The van der Waals surface area contributed by atoms with Crippen molar-refractivity contribution >= 4 is 5.69 Å². The third-order valence-electron chi connectivity index (χ3n) is 3.53. The van der Waals surface area contributed by atoms with Crippen LogP contribution in [0.2, 0.25) is 0 Å². The predicted molar refractivity (Wildman–Crippen MR) is 87.0 cm³/mol. The first-order valence-electron chi connectivity index (χ1n) is 7.27. The van der Waals surface area contributed by atoms with Crippen LogP contribution in [0.4, 0.5) is 10.1 Å². The van der Waals surface area contributed by atoms with Crippen molar-refractivity contribution in [3.05, 3.63) is 65.0 Å². The molecule has 112 valence electrons. The summed E-state index contributed by atoms with van der Waals surface area (Å²) in [4.78, 5) is 1.96. The highest BCUT2D eigenvalue weighted by Gasteiger charge is 2.14. The fourth-order valence-electron chi connectivity index (χ4n) is 2.55. The van der Waals surface area contributed by atoms with E-state index in [1.807, 2.05) is 24.9 Å². The van der Waals surface area contributed by atoms with E-state index < -0.39 is 0 Å². The Morgan fingerprint density at radius 1 is 1.14 bits per heavy atom. The number of aryl methyl sites for hydroxylation is 1. The predicted octanol–water partition coefficient (Wildman–Crippen LogP) is 3.66. The standard InChI is InChI=1S/C18H23FN2/c1-13-7-9-15(10-8-13)12-21(3)18-16(11-14(2)20)5-4-6-17(18)19/h4-10,14H,11-12,20H2,1-3H3. The topological polar surface area (TPSA) is 29.3 Å². The summed E-state index contributed by atoms with van der Waals surface area (Å²) in [6.07, 6.45) is 0.672. The lowest BCUT2D eigenvalue weighted by molar-refractivity contribution is 0.616. The molecule has 2 N–H and O–H groups in total. The summed E-state index contributed by atoms with van der Waals surface area (Å²) in [6, 6.07) is 13.5. The highest BCUT2D eigenvalue weighted by atomic mass is 19.1. The van der Waals surface area contributed by atoms with Crippen LogP contribution in [0.15, 0.2) is 42.5 Å². The zero-order chi connectivity index (χ0) is 15.4. The smallest absolute Gasteiger partial charge is 0.146 e. The fraction of sp³-hybridized carbons (Fsp3) is 0.333. The van der Waals surface area contributed by atoms with Crippen molar-refractivity contribution in [2.45, 2.75) is 32.9 Å². The van der Waals surface area contributed by atoms with E-state index in [1.165, 1.54) is 11.6 Å². The second kappa shape index (κ2) is 6.72. The highest BCUT2D eigenvalue weighted by molar-refractivity contribution is 5.55. The zero-order valence-corrected chi connectivity index (χ0v) is 12.9. The van der Waals surface area contributed by atoms with Crippen LogP contribution in [0.1, 0.15) is 23.6 Å². The number of rotatable bonds is 5. The summed E-state index contributed by atoms with van der Waals surface area (Å²) < 4.78 is 14.2. The average molecular weight is 286 g/mol. The maximum atomic E-state index is 14.2. The first kappa shape index (κ1) is 15.5. The van der Waals surface area contributed by atoms with Crippen molar-refractivity contribution < 1.29 is 4.39 Å². The van der Waals surface area contributed by atoms with Gasteiger partial charge in [-0.2, -0.15) is 0 Å². The molecule has 3 heteroatoms. The molecule has 0 bridgehead atoms. The first-order chi connectivity index (χ1) is 9.97. The summed E-state index contributed by atoms with van der Waals surface area (Å²) in [5, 5.41) is 0. The van der Waals surface area contributed by atoms with Gasteiger partial charge in [0.1, 0.15) is 5.82 Å². The Bertz CT molecular complexity index is 591. The number of halogens is 1. The Kier molecular flexibility index (Phi) is 4.97. The molecule has 0 spiro atoms. The van der Waals surface area contributed by atoms with E-state index in [0.29, 0.717) is 18.7 Å². The number of nitrogens with zero attached hydrogens (tertiary/aromatic N) is 1. The molecule has 0 aliphatic rings. The van der Waals surface area contributed by atoms with Crippen LogP contribution in [-0.2, 0) is 13.0 Å². The Morgan fingerprint density at radius 3 is 2.43 bits per heavy atom. The molecular formula is C18H23FN2. The molecule has 0 aromatic heterocycles. The van der Waals surface area contributed by atoms with Gasteiger partial charge in [-0.3, -0.25) is 0 Å². The molecule has 0 amide bonds. The molecule has 2 aromatic rings. The van der Waals surface area contributed by atoms with Crippen LogP contribution in [0.25, 0.3) is 0 Å². The van der Waals surface area contributed by atoms with Crippen LogP contribution in [0.5, 0.6) is 0 Å². The summed E-state index contributed by atoms with van der Waals surface area (Å²) in [7, 11) is 1.92. The molecule has 2 aromatic carbocycles. The van der Waals surface area contributed by atoms with Crippen LogP contribution in [-0.4, -0.2) is 13.1 Å². The molecule has 0 aliphatic heterocycles. The molecular weight excluding hydrogens is 263 g/mol. The van der Waals surface area contributed by atoms with E-state index in [4.69, 9.17) is 5.73 Å². The second-order valence-corrected chi connectivity index (χ2v) is 5.77. The van der Waals surface area contributed by atoms with Gasteiger partial charge in [0.15, 0.2) is 0 Å². The molecule has 2 nitrogen and oxygen atoms in total. The van der Waals surface area contributed by atoms with Gasteiger partial charge >= 0.3 is 0 Å². The molecule has 2 rings (SSSR count). The first-order valence-corrected chi connectivity index (χ1v) is 7.27.